The zero-order chi connectivity index (χ0) is 17.9. The second-order valence-corrected chi connectivity index (χ2v) is 6.75. The zero-order valence-electron chi connectivity index (χ0n) is 14.4. The highest BCUT2D eigenvalue weighted by Gasteiger charge is 2.34. The Kier molecular flexibility index (Phi) is 5.89. The normalized spacial score (nSPS) is 18.0. The Morgan fingerprint density at radius 1 is 1.33 bits per heavy atom. The van der Waals surface area contributed by atoms with Crippen molar-refractivity contribution in [1.82, 2.24) is 10.2 Å². The van der Waals surface area contributed by atoms with Crippen molar-refractivity contribution >= 4 is 23.6 Å². The molecule has 0 saturated heterocycles. The largest absolute Gasteiger partial charge is 0.462 e. The summed E-state index contributed by atoms with van der Waals surface area (Å²) in [5, 5.41) is 3.44. The van der Waals surface area contributed by atoms with Crippen LogP contribution in [-0.2, 0) is 9.53 Å². The molecule has 1 aliphatic heterocycles. The van der Waals surface area contributed by atoms with Crippen LogP contribution < -0.4 is 5.32 Å². The first kappa shape index (κ1) is 18.3. The molecule has 1 N–H and O–H groups in total. The monoisotopic (exact) mass is 350 g/mol. The van der Waals surface area contributed by atoms with Gasteiger partial charge < -0.3 is 15.0 Å². The highest BCUT2D eigenvalue weighted by atomic mass is 35.5. The van der Waals surface area contributed by atoms with Gasteiger partial charge in [0.25, 0.3) is 0 Å². The summed E-state index contributed by atoms with van der Waals surface area (Å²) in [7, 11) is 1.63. The van der Waals surface area contributed by atoms with Crippen LogP contribution in [0.1, 0.15) is 38.8 Å². The summed E-state index contributed by atoms with van der Waals surface area (Å²) in [5.74, 6) is 0.0496. The smallest absolute Gasteiger partial charge is 0.338 e. The molecule has 0 radical (unpaired) electrons. The van der Waals surface area contributed by atoms with E-state index in [-0.39, 0.29) is 6.03 Å². The predicted octanol–water partition coefficient (Wildman–Crippen LogP) is 3.90. The first-order valence-corrected chi connectivity index (χ1v) is 8.36. The Hall–Kier alpha value is -2.01. The molecule has 130 valence electrons. The number of allylic oxidation sites excluding steroid dienone is 1. The molecule has 6 heteroatoms. The zero-order valence-corrected chi connectivity index (χ0v) is 15.2. The minimum atomic E-state index is -0.544. The number of urea groups is 1. The van der Waals surface area contributed by atoms with Gasteiger partial charge in [0, 0.05) is 17.8 Å². The van der Waals surface area contributed by atoms with Crippen LogP contribution in [0.15, 0.2) is 35.5 Å². The third-order valence-corrected chi connectivity index (χ3v) is 4.36. The maximum absolute atomic E-state index is 12.6. The summed E-state index contributed by atoms with van der Waals surface area (Å²) in [6.45, 7) is 6.26. The molecule has 0 aliphatic carbocycles. The van der Waals surface area contributed by atoms with E-state index in [0.717, 1.165) is 12.0 Å². The standard InChI is InChI=1S/C18H23ClN2O3/c1-11(2)9-10-24-17(22)15-12(3)21(4)18(23)20-16(15)13-5-7-14(19)8-6-13/h5-8,11,16H,9-10H2,1-4H3,(H,20,23). The van der Waals surface area contributed by atoms with Gasteiger partial charge in [0.05, 0.1) is 18.2 Å². The minimum absolute atomic E-state index is 0.258. The molecular formula is C18H23ClN2O3. The number of carbonyl (C=O) groups excluding carboxylic acids is 2. The van der Waals surface area contributed by atoms with Crippen molar-refractivity contribution in [3.63, 3.8) is 0 Å². The van der Waals surface area contributed by atoms with Crippen LogP contribution in [0.25, 0.3) is 0 Å². The van der Waals surface area contributed by atoms with E-state index in [1.54, 1.807) is 38.2 Å². The summed E-state index contributed by atoms with van der Waals surface area (Å²) in [6.07, 6.45) is 0.797. The number of benzene rings is 1. The maximum Gasteiger partial charge on any atom is 0.338 e. The van der Waals surface area contributed by atoms with Gasteiger partial charge in [-0.05, 0) is 37.0 Å². The number of esters is 1. The van der Waals surface area contributed by atoms with Gasteiger partial charge in [-0.15, -0.1) is 0 Å². The highest BCUT2D eigenvalue weighted by Crippen LogP contribution is 2.31. The van der Waals surface area contributed by atoms with E-state index < -0.39 is 12.0 Å². The van der Waals surface area contributed by atoms with Gasteiger partial charge in [0.1, 0.15) is 0 Å². The molecule has 0 aromatic heterocycles. The molecule has 2 rings (SSSR count). The molecule has 0 fully saturated rings. The number of amides is 2. The Balaban J connectivity index is 2.31. The molecule has 1 aliphatic rings. The van der Waals surface area contributed by atoms with Crippen LogP contribution in [0.4, 0.5) is 4.79 Å². The summed E-state index contributed by atoms with van der Waals surface area (Å²) < 4.78 is 5.42. The lowest BCUT2D eigenvalue weighted by atomic mass is 9.95. The van der Waals surface area contributed by atoms with Crippen LogP contribution in [0, 0.1) is 5.92 Å². The molecule has 0 saturated carbocycles. The lowest BCUT2D eigenvalue weighted by Crippen LogP contribution is -2.46. The van der Waals surface area contributed by atoms with E-state index in [1.807, 2.05) is 0 Å². The van der Waals surface area contributed by atoms with Gasteiger partial charge in [-0.3, -0.25) is 0 Å². The molecule has 1 heterocycles. The van der Waals surface area contributed by atoms with E-state index in [9.17, 15) is 9.59 Å². The van der Waals surface area contributed by atoms with E-state index in [0.29, 0.717) is 28.8 Å². The third-order valence-electron chi connectivity index (χ3n) is 4.11. The summed E-state index contributed by atoms with van der Waals surface area (Å²) in [4.78, 5) is 26.2. The molecule has 2 amide bonds. The van der Waals surface area contributed by atoms with E-state index in [1.165, 1.54) is 4.90 Å². The number of hydrogen-bond donors (Lipinski definition) is 1. The molecule has 24 heavy (non-hydrogen) atoms. The molecule has 1 unspecified atom stereocenters. The topological polar surface area (TPSA) is 58.6 Å². The summed E-state index contributed by atoms with van der Waals surface area (Å²) in [6, 6.07) is 6.26. The molecular weight excluding hydrogens is 328 g/mol. The van der Waals surface area contributed by atoms with Gasteiger partial charge in [-0.1, -0.05) is 37.6 Å². The first-order chi connectivity index (χ1) is 11.3. The van der Waals surface area contributed by atoms with Crippen LogP contribution in [0.2, 0.25) is 5.02 Å². The Morgan fingerprint density at radius 2 is 1.96 bits per heavy atom. The molecule has 5 nitrogen and oxygen atoms in total. The fraction of sp³-hybridized carbons (Fsp3) is 0.444. The number of halogens is 1. The molecule has 0 bridgehead atoms. The first-order valence-electron chi connectivity index (χ1n) is 7.98. The fourth-order valence-corrected chi connectivity index (χ4v) is 2.60. The molecule has 0 spiro atoms. The van der Waals surface area contributed by atoms with Crippen LogP contribution in [0.3, 0.4) is 0 Å². The minimum Gasteiger partial charge on any atom is -0.462 e. The van der Waals surface area contributed by atoms with Crippen molar-refractivity contribution in [1.29, 1.82) is 0 Å². The van der Waals surface area contributed by atoms with Crippen LogP contribution in [-0.4, -0.2) is 30.6 Å². The maximum atomic E-state index is 12.6. The second kappa shape index (κ2) is 7.71. The Labute approximate surface area is 147 Å². The lowest BCUT2D eigenvalue weighted by molar-refractivity contribution is -0.140. The number of ether oxygens (including phenoxy) is 1. The van der Waals surface area contributed by atoms with Gasteiger partial charge in [-0.25, -0.2) is 9.59 Å². The van der Waals surface area contributed by atoms with Crippen molar-refractivity contribution < 1.29 is 14.3 Å². The lowest BCUT2D eigenvalue weighted by Gasteiger charge is -2.33. The van der Waals surface area contributed by atoms with Crippen LogP contribution >= 0.6 is 11.6 Å². The number of hydrogen-bond acceptors (Lipinski definition) is 3. The quantitative estimate of drug-likeness (QED) is 0.819. The highest BCUT2D eigenvalue weighted by molar-refractivity contribution is 6.30. The van der Waals surface area contributed by atoms with Crippen LogP contribution in [0.5, 0.6) is 0 Å². The number of rotatable bonds is 5. The van der Waals surface area contributed by atoms with Crippen molar-refractivity contribution in [2.45, 2.75) is 33.2 Å². The van der Waals surface area contributed by atoms with Crippen molar-refractivity contribution in [2.24, 2.45) is 5.92 Å². The van der Waals surface area contributed by atoms with Crippen molar-refractivity contribution in [2.75, 3.05) is 13.7 Å². The SMILES string of the molecule is CC1=C(C(=O)OCCC(C)C)C(c2ccc(Cl)cc2)NC(=O)N1C. The van der Waals surface area contributed by atoms with Gasteiger partial charge in [0.2, 0.25) is 0 Å². The summed E-state index contributed by atoms with van der Waals surface area (Å²) >= 11 is 5.93. The van der Waals surface area contributed by atoms with E-state index in [2.05, 4.69) is 19.2 Å². The van der Waals surface area contributed by atoms with Gasteiger partial charge in [-0.2, -0.15) is 0 Å². The second-order valence-electron chi connectivity index (χ2n) is 6.31. The molecule has 1 aromatic carbocycles. The molecule has 1 atom stereocenters. The number of nitrogens with zero attached hydrogens (tertiary/aromatic N) is 1. The summed E-state index contributed by atoms with van der Waals surface area (Å²) in [5.41, 5.74) is 1.83. The van der Waals surface area contributed by atoms with Gasteiger partial charge >= 0.3 is 12.0 Å². The third kappa shape index (κ3) is 4.09. The average Bonchev–Trinajstić information content (AvgIpc) is 2.52. The molecule has 1 aromatic rings. The number of nitrogens with one attached hydrogen (secondary N) is 1. The van der Waals surface area contributed by atoms with Crippen molar-refractivity contribution in [3.8, 4) is 0 Å². The average molecular weight is 351 g/mol. The van der Waals surface area contributed by atoms with Gasteiger partial charge in [0.15, 0.2) is 0 Å². The van der Waals surface area contributed by atoms with Crippen molar-refractivity contribution in [3.05, 3.63) is 46.1 Å². The number of carbonyl (C=O) groups is 2. The Morgan fingerprint density at radius 3 is 2.54 bits per heavy atom. The van der Waals surface area contributed by atoms with E-state index >= 15 is 0 Å². The van der Waals surface area contributed by atoms with E-state index in [4.69, 9.17) is 16.3 Å². The fourth-order valence-electron chi connectivity index (χ4n) is 2.47. The Bertz CT molecular complexity index is 653. The predicted molar refractivity (Wildman–Crippen MR) is 93.6 cm³/mol.